The van der Waals surface area contributed by atoms with Crippen LogP contribution in [0.2, 0.25) is 0 Å². The SMILES string of the molecule is CC1(C)c2ccccc2-c2ccc(-c3ccc(N(c4cccc(-c5cccc(-c6cccc7ccccc67)c5)c4)c4cccc5oc6ccccc6c45)cc3)cc21. The van der Waals surface area contributed by atoms with Crippen molar-refractivity contribution in [1.82, 2.24) is 0 Å². The van der Waals surface area contributed by atoms with Crippen LogP contribution in [0.3, 0.4) is 0 Å². The van der Waals surface area contributed by atoms with Gasteiger partial charge in [-0.3, -0.25) is 0 Å². The van der Waals surface area contributed by atoms with E-state index in [1.807, 2.05) is 6.07 Å². The van der Waals surface area contributed by atoms with Gasteiger partial charge in [0, 0.05) is 22.2 Å². The lowest BCUT2D eigenvalue weighted by Gasteiger charge is -2.27. The summed E-state index contributed by atoms with van der Waals surface area (Å²) in [6.07, 6.45) is 0. The maximum atomic E-state index is 6.42. The van der Waals surface area contributed by atoms with Crippen LogP contribution in [0.25, 0.3) is 77.2 Å². The smallest absolute Gasteiger partial charge is 0.137 e. The van der Waals surface area contributed by atoms with Crippen molar-refractivity contribution in [2.24, 2.45) is 0 Å². The second-order valence-electron chi connectivity index (χ2n) is 15.7. The van der Waals surface area contributed by atoms with Crippen LogP contribution in [0.5, 0.6) is 0 Å². The molecule has 57 heavy (non-hydrogen) atoms. The van der Waals surface area contributed by atoms with Crippen LogP contribution in [0, 0.1) is 0 Å². The van der Waals surface area contributed by atoms with Crippen molar-refractivity contribution in [3.8, 4) is 44.5 Å². The minimum absolute atomic E-state index is 0.0514. The zero-order chi connectivity index (χ0) is 38.1. The van der Waals surface area contributed by atoms with Crippen molar-refractivity contribution >= 4 is 49.8 Å². The van der Waals surface area contributed by atoms with Gasteiger partial charge in [0.05, 0.1) is 11.1 Å². The molecule has 0 saturated carbocycles. The van der Waals surface area contributed by atoms with Crippen molar-refractivity contribution in [1.29, 1.82) is 0 Å². The Morgan fingerprint density at radius 1 is 0.386 bits per heavy atom. The number of furan rings is 1. The predicted octanol–water partition coefficient (Wildman–Crippen LogP) is 15.5. The Balaban J connectivity index is 1.03. The molecule has 9 aromatic carbocycles. The Bertz CT molecular complexity index is 3160. The second-order valence-corrected chi connectivity index (χ2v) is 15.7. The molecule has 1 heterocycles. The van der Waals surface area contributed by atoms with Crippen molar-refractivity contribution in [3.63, 3.8) is 0 Å². The van der Waals surface area contributed by atoms with Gasteiger partial charge in [-0.05, 0) is 121 Å². The first kappa shape index (κ1) is 33.2. The van der Waals surface area contributed by atoms with E-state index < -0.39 is 0 Å². The number of fused-ring (bicyclic) bond motifs is 7. The van der Waals surface area contributed by atoms with Gasteiger partial charge >= 0.3 is 0 Å². The molecule has 11 rings (SSSR count). The van der Waals surface area contributed by atoms with E-state index in [0.29, 0.717) is 0 Å². The highest BCUT2D eigenvalue weighted by Crippen LogP contribution is 2.50. The molecule has 0 atom stereocenters. The fourth-order valence-corrected chi connectivity index (χ4v) is 9.22. The van der Waals surface area contributed by atoms with Gasteiger partial charge in [-0.1, -0.05) is 159 Å². The van der Waals surface area contributed by atoms with Crippen LogP contribution in [0.15, 0.2) is 205 Å². The minimum atomic E-state index is -0.0514. The first-order chi connectivity index (χ1) is 28.0. The Hall–Kier alpha value is -7.16. The van der Waals surface area contributed by atoms with Gasteiger partial charge < -0.3 is 9.32 Å². The molecule has 0 N–H and O–H groups in total. The maximum absolute atomic E-state index is 6.42. The summed E-state index contributed by atoms with van der Waals surface area (Å²) in [7, 11) is 0. The average molecular weight is 730 g/mol. The maximum Gasteiger partial charge on any atom is 0.137 e. The number of para-hydroxylation sites is 1. The molecule has 0 fully saturated rings. The molecule has 0 radical (unpaired) electrons. The number of nitrogens with zero attached hydrogens (tertiary/aromatic N) is 1. The third kappa shape index (κ3) is 5.40. The van der Waals surface area contributed by atoms with E-state index >= 15 is 0 Å². The number of rotatable bonds is 6. The van der Waals surface area contributed by atoms with Crippen LogP contribution in [-0.4, -0.2) is 0 Å². The standard InChI is InChI=1S/C55H39NO/c1-55(2)49-23-7-5-20-46(49)47-32-29-40(35-50(47)55)36-27-30-42(31-28-36)56(51-24-12-26-53-54(51)48-21-6-8-25-52(48)57-53)43-18-10-16-39(34-43)38-15-9-17-41(33-38)45-22-11-14-37-13-3-4-19-44(37)45/h3-35H,1-2H3. The highest BCUT2D eigenvalue weighted by atomic mass is 16.3. The molecule has 0 bridgehead atoms. The average Bonchev–Trinajstić information content (AvgIpc) is 3.76. The molecule has 2 nitrogen and oxygen atoms in total. The Morgan fingerprint density at radius 2 is 1.00 bits per heavy atom. The summed E-state index contributed by atoms with van der Waals surface area (Å²) in [5, 5.41) is 4.71. The molecule has 10 aromatic rings. The molecule has 1 aliphatic carbocycles. The van der Waals surface area contributed by atoms with E-state index in [0.717, 1.165) is 44.6 Å². The van der Waals surface area contributed by atoms with Gasteiger partial charge in [-0.15, -0.1) is 0 Å². The third-order valence-corrected chi connectivity index (χ3v) is 12.1. The highest BCUT2D eigenvalue weighted by molar-refractivity contribution is 6.13. The van der Waals surface area contributed by atoms with Gasteiger partial charge in [0.15, 0.2) is 0 Å². The van der Waals surface area contributed by atoms with E-state index in [-0.39, 0.29) is 5.41 Å². The summed E-state index contributed by atoms with van der Waals surface area (Å²) in [6.45, 7) is 4.69. The fourth-order valence-electron chi connectivity index (χ4n) is 9.22. The van der Waals surface area contributed by atoms with E-state index in [1.165, 1.54) is 60.8 Å². The molecular formula is C55H39NO. The number of hydrogen-bond acceptors (Lipinski definition) is 2. The zero-order valence-electron chi connectivity index (χ0n) is 31.9. The summed E-state index contributed by atoms with van der Waals surface area (Å²) < 4.78 is 6.42. The largest absolute Gasteiger partial charge is 0.456 e. The van der Waals surface area contributed by atoms with Crippen LogP contribution in [0.1, 0.15) is 25.0 Å². The summed E-state index contributed by atoms with van der Waals surface area (Å²) in [4.78, 5) is 2.38. The minimum Gasteiger partial charge on any atom is -0.456 e. The first-order valence-electron chi connectivity index (χ1n) is 19.8. The molecule has 2 heteroatoms. The molecule has 1 aromatic heterocycles. The van der Waals surface area contributed by atoms with Crippen molar-refractivity contribution in [2.45, 2.75) is 19.3 Å². The summed E-state index contributed by atoms with van der Waals surface area (Å²) >= 11 is 0. The normalized spacial score (nSPS) is 12.9. The number of anilines is 3. The van der Waals surface area contributed by atoms with Crippen LogP contribution < -0.4 is 4.90 Å². The van der Waals surface area contributed by atoms with E-state index in [2.05, 4.69) is 213 Å². The molecule has 0 amide bonds. The van der Waals surface area contributed by atoms with E-state index in [4.69, 9.17) is 4.42 Å². The lowest BCUT2D eigenvalue weighted by Crippen LogP contribution is -2.14. The van der Waals surface area contributed by atoms with Crippen molar-refractivity contribution < 1.29 is 4.42 Å². The van der Waals surface area contributed by atoms with Gasteiger partial charge in [-0.25, -0.2) is 0 Å². The molecular weight excluding hydrogens is 691 g/mol. The molecule has 0 saturated heterocycles. The number of hydrogen-bond donors (Lipinski definition) is 0. The monoisotopic (exact) mass is 729 g/mol. The lowest BCUT2D eigenvalue weighted by atomic mass is 9.81. The van der Waals surface area contributed by atoms with E-state index in [9.17, 15) is 0 Å². The summed E-state index contributed by atoms with van der Waals surface area (Å²) in [6, 6.07) is 72.6. The van der Waals surface area contributed by atoms with Crippen LogP contribution in [-0.2, 0) is 5.41 Å². The van der Waals surface area contributed by atoms with Gasteiger partial charge in [0.2, 0.25) is 0 Å². The second kappa shape index (κ2) is 13.0. The van der Waals surface area contributed by atoms with Crippen molar-refractivity contribution in [3.05, 3.63) is 211 Å². The van der Waals surface area contributed by atoms with Crippen LogP contribution in [0.4, 0.5) is 17.1 Å². The van der Waals surface area contributed by atoms with Crippen molar-refractivity contribution in [2.75, 3.05) is 4.90 Å². The van der Waals surface area contributed by atoms with Gasteiger partial charge in [0.25, 0.3) is 0 Å². The quantitative estimate of drug-likeness (QED) is 0.169. The molecule has 270 valence electrons. The first-order valence-corrected chi connectivity index (χ1v) is 19.8. The van der Waals surface area contributed by atoms with E-state index in [1.54, 1.807) is 0 Å². The highest BCUT2D eigenvalue weighted by Gasteiger charge is 2.35. The summed E-state index contributed by atoms with van der Waals surface area (Å²) in [5.41, 5.74) is 17.6. The molecule has 0 unspecified atom stereocenters. The topological polar surface area (TPSA) is 16.4 Å². The molecule has 1 aliphatic rings. The fraction of sp³-hybridized carbons (Fsp3) is 0.0545. The lowest BCUT2D eigenvalue weighted by molar-refractivity contribution is 0.660. The Morgan fingerprint density at radius 3 is 1.89 bits per heavy atom. The predicted molar refractivity (Wildman–Crippen MR) is 240 cm³/mol. The van der Waals surface area contributed by atoms with Gasteiger partial charge in [0.1, 0.15) is 11.2 Å². The molecule has 0 aliphatic heterocycles. The Kier molecular flexibility index (Phi) is 7.55. The number of benzene rings is 9. The zero-order valence-corrected chi connectivity index (χ0v) is 31.9. The summed E-state index contributed by atoms with van der Waals surface area (Å²) in [5.74, 6) is 0. The van der Waals surface area contributed by atoms with Gasteiger partial charge in [-0.2, -0.15) is 0 Å². The third-order valence-electron chi connectivity index (χ3n) is 12.1. The molecule has 0 spiro atoms. The van der Waals surface area contributed by atoms with Crippen LogP contribution >= 0.6 is 0 Å². The Labute approximate surface area is 332 Å².